The monoisotopic (exact) mass is 538 g/mol. The largest absolute Gasteiger partial charge is 0.550 e. The number of hydrogen-bond acceptors (Lipinski definition) is 8. The van der Waals surface area contributed by atoms with Crippen LogP contribution >= 0.6 is 0 Å². The van der Waals surface area contributed by atoms with Gasteiger partial charge in [-0.25, -0.2) is 0 Å². The Morgan fingerprint density at radius 3 is 1.18 bits per heavy atom. The minimum atomic E-state index is -1.22. The van der Waals surface area contributed by atoms with Gasteiger partial charge in [0.25, 0.3) is 0 Å². The van der Waals surface area contributed by atoms with Gasteiger partial charge in [-0.2, -0.15) is 0 Å². The van der Waals surface area contributed by atoms with E-state index in [2.05, 4.69) is 0 Å². The summed E-state index contributed by atoms with van der Waals surface area (Å²) in [6.07, 6.45) is -0.643. The van der Waals surface area contributed by atoms with Crippen LogP contribution in [0.5, 0.6) is 11.5 Å². The Morgan fingerprint density at radius 1 is 0.538 bits per heavy atom. The first kappa shape index (κ1) is 31.3. The van der Waals surface area contributed by atoms with Crippen molar-refractivity contribution in [3.8, 4) is 11.5 Å². The molecule has 0 aliphatic carbocycles. The predicted octanol–water partition coefficient (Wildman–Crippen LogP) is 2.74. The molecule has 0 unspecified atom stereocenters. The van der Waals surface area contributed by atoms with Crippen LogP contribution in [0.2, 0.25) is 0 Å². The number of carboxylic acid groups (broad SMARTS) is 2. The summed E-state index contributed by atoms with van der Waals surface area (Å²) in [7, 11) is 3.14. The molecular weight excluding hydrogens is 513 g/mol. The SMILES string of the molecule is COc1ccc(C(=O)CCC(=O)[O-])c2ccccc12.COc1ccc(C(=O)CCC(=O)[O-])c2ccccc12.[Mg]. The van der Waals surface area contributed by atoms with Crippen LogP contribution in [0.25, 0.3) is 21.5 Å². The maximum atomic E-state index is 12.0. The Hall–Kier alpha value is -3.95. The molecule has 39 heavy (non-hydrogen) atoms. The van der Waals surface area contributed by atoms with Crippen molar-refractivity contribution < 1.29 is 38.9 Å². The molecule has 2 radical (unpaired) electrons. The van der Waals surface area contributed by atoms with E-state index in [0.717, 1.165) is 21.5 Å². The van der Waals surface area contributed by atoms with E-state index in [1.807, 2.05) is 48.5 Å². The molecule has 198 valence electrons. The zero-order valence-electron chi connectivity index (χ0n) is 21.7. The summed E-state index contributed by atoms with van der Waals surface area (Å²) in [6.45, 7) is 0. The maximum absolute atomic E-state index is 12.0. The lowest BCUT2D eigenvalue weighted by Gasteiger charge is -2.10. The van der Waals surface area contributed by atoms with E-state index in [1.165, 1.54) is 0 Å². The van der Waals surface area contributed by atoms with Gasteiger partial charge < -0.3 is 29.3 Å². The van der Waals surface area contributed by atoms with E-state index in [1.54, 1.807) is 38.5 Å². The zero-order valence-corrected chi connectivity index (χ0v) is 23.1. The summed E-state index contributed by atoms with van der Waals surface area (Å²) in [5.41, 5.74) is 1.02. The fourth-order valence-corrected chi connectivity index (χ4v) is 4.09. The van der Waals surface area contributed by atoms with Crippen LogP contribution in [0.1, 0.15) is 46.4 Å². The molecule has 4 rings (SSSR count). The van der Waals surface area contributed by atoms with E-state index < -0.39 is 11.9 Å². The van der Waals surface area contributed by atoms with Gasteiger partial charge in [-0.05, 0) is 47.9 Å². The normalized spacial score (nSPS) is 10.1. The molecule has 4 aromatic rings. The van der Waals surface area contributed by atoms with Crippen LogP contribution in [-0.4, -0.2) is 60.8 Å². The molecule has 9 heteroatoms. The van der Waals surface area contributed by atoms with E-state index in [-0.39, 0.29) is 60.3 Å². The highest BCUT2D eigenvalue weighted by molar-refractivity contribution is 6.11. The summed E-state index contributed by atoms with van der Waals surface area (Å²) >= 11 is 0. The third-order valence-electron chi connectivity index (χ3n) is 5.92. The lowest BCUT2D eigenvalue weighted by Crippen LogP contribution is -2.22. The van der Waals surface area contributed by atoms with Crippen LogP contribution in [-0.2, 0) is 9.59 Å². The van der Waals surface area contributed by atoms with Crippen molar-refractivity contribution in [1.82, 2.24) is 0 Å². The predicted molar refractivity (Wildman–Crippen MR) is 144 cm³/mol. The molecule has 0 N–H and O–H groups in total. The van der Waals surface area contributed by atoms with Gasteiger partial charge in [0.2, 0.25) is 0 Å². The van der Waals surface area contributed by atoms with Gasteiger partial charge in [0.1, 0.15) is 11.5 Å². The van der Waals surface area contributed by atoms with Crippen molar-refractivity contribution in [2.75, 3.05) is 14.2 Å². The molecule has 0 bridgehead atoms. The van der Waals surface area contributed by atoms with Gasteiger partial charge in [0.05, 0.1) is 14.2 Å². The van der Waals surface area contributed by atoms with Crippen LogP contribution in [0.15, 0.2) is 72.8 Å². The highest BCUT2D eigenvalue weighted by atomic mass is 24.3. The summed E-state index contributed by atoms with van der Waals surface area (Å²) in [4.78, 5) is 44.9. The number of carbonyl (C=O) groups excluding carboxylic acids is 4. The molecule has 0 spiro atoms. The van der Waals surface area contributed by atoms with E-state index in [9.17, 15) is 29.4 Å². The summed E-state index contributed by atoms with van der Waals surface area (Å²) in [5.74, 6) is -1.47. The second-order valence-corrected chi connectivity index (χ2v) is 8.31. The Morgan fingerprint density at radius 2 is 0.872 bits per heavy atom. The molecule has 0 heterocycles. The number of ether oxygens (including phenoxy) is 2. The summed E-state index contributed by atoms with van der Waals surface area (Å²) in [5, 5.41) is 24.0. The number of hydrogen-bond donors (Lipinski definition) is 0. The maximum Gasteiger partial charge on any atom is 0.163 e. The fraction of sp³-hybridized carbons (Fsp3) is 0.200. The second-order valence-electron chi connectivity index (χ2n) is 8.31. The number of fused-ring (bicyclic) bond motifs is 2. The van der Waals surface area contributed by atoms with Crippen molar-refractivity contribution in [2.24, 2.45) is 0 Å². The fourth-order valence-electron chi connectivity index (χ4n) is 4.09. The third-order valence-corrected chi connectivity index (χ3v) is 5.92. The van der Waals surface area contributed by atoms with Gasteiger partial charge >= 0.3 is 0 Å². The number of carboxylic acids is 2. The van der Waals surface area contributed by atoms with Gasteiger partial charge in [-0.3, -0.25) is 9.59 Å². The van der Waals surface area contributed by atoms with Gasteiger partial charge in [0.15, 0.2) is 11.6 Å². The summed E-state index contributed by atoms with van der Waals surface area (Å²) < 4.78 is 10.5. The van der Waals surface area contributed by atoms with Gasteiger partial charge in [-0.15, -0.1) is 0 Å². The Balaban J connectivity index is 0.000000267. The van der Waals surface area contributed by atoms with E-state index >= 15 is 0 Å². The number of Topliss-reactive ketones (excluding diaryl/α,β-unsaturated/α-hetero) is 2. The minimum Gasteiger partial charge on any atom is -0.550 e. The van der Waals surface area contributed by atoms with Crippen molar-refractivity contribution >= 4 is 68.1 Å². The van der Waals surface area contributed by atoms with Crippen LogP contribution < -0.4 is 19.7 Å². The number of rotatable bonds is 10. The highest BCUT2D eigenvalue weighted by Crippen LogP contribution is 2.30. The number of aliphatic carboxylic acids is 2. The van der Waals surface area contributed by atoms with Crippen molar-refractivity contribution in [1.29, 1.82) is 0 Å². The van der Waals surface area contributed by atoms with E-state index in [0.29, 0.717) is 22.6 Å². The third kappa shape index (κ3) is 8.02. The topological polar surface area (TPSA) is 133 Å². The first-order valence-corrected chi connectivity index (χ1v) is 11.8. The molecule has 0 amide bonds. The van der Waals surface area contributed by atoms with E-state index in [4.69, 9.17) is 9.47 Å². The van der Waals surface area contributed by atoms with Crippen LogP contribution in [0, 0.1) is 0 Å². The molecule has 0 fully saturated rings. The van der Waals surface area contributed by atoms with Crippen molar-refractivity contribution in [2.45, 2.75) is 25.7 Å². The number of benzene rings is 4. The quantitative estimate of drug-likeness (QED) is 0.222. The van der Waals surface area contributed by atoms with Crippen molar-refractivity contribution in [3.05, 3.63) is 83.9 Å². The lowest BCUT2D eigenvalue weighted by molar-refractivity contribution is -0.306. The molecule has 4 aromatic carbocycles. The number of ketones is 2. The Labute approximate surface area is 241 Å². The second kappa shape index (κ2) is 14.8. The number of carbonyl (C=O) groups is 4. The number of methoxy groups -OCH3 is 2. The molecule has 8 nitrogen and oxygen atoms in total. The molecule has 0 aromatic heterocycles. The highest BCUT2D eigenvalue weighted by Gasteiger charge is 2.13. The molecule has 0 saturated carbocycles. The standard InChI is InChI=1S/2C15H14O4.Mg/c2*1-19-14-8-6-11(13(16)7-9-15(17)18)10-4-2-3-5-12(10)14;/h2*2-6,8H,7,9H2,1H3,(H,17,18);/p-2. The average molecular weight is 539 g/mol. The molecule has 0 saturated heterocycles. The van der Waals surface area contributed by atoms with Crippen molar-refractivity contribution in [3.63, 3.8) is 0 Å². The summed E-state index contributed by atoms with van der Waals surface area (Å²) in [6, 6.07) is 21.5. The van der Waals surface area contributed by atoms with Gasteiger partial charge in [0, 0.05) is 69.7 Å². The average Bonchev–Trinajstić information content (AvgIpc) is 2.93. The molecule has 0 aliphatic heterocycles. The smallest absolute Gasteiger partial charge is 0.163 e. The first-order valence-electron chi connectivity index (χ1n) is 11.8. The minimum absolute atomic E-state index is 0. The van der Waals surface area contributed by atoms with Gasteiger partial charge in [-0.1, -0.05) is 48.5 Å². The first-order chi connectivity index (χ1) is 18.3. The Kier molecular flexibility index (Phi) is 11.9. The molecule has 0 aliphatic rings. The zero-order chi connectivity index (χ0) is 27.7. The van der Waals surface area contributed by atoms with Crippen LogP contribution in [0.4, 0.5) is 0 Å². The molecular formula is C30H26MgO8-2. The lowest BCUT2D eigenvalue weighted by atomic mass is 9.98. The molecule has 0 atom stereocenters. The Bertz CT molecular complexity index is 1380. The van der Waals surface area contributed by atoms with Crippen LogP contribution in [0.3, 0.4) is 0 Å².